The topological polar surface area (TPSA) is 62.4 Å². The molecule has 19 heavy (non-hydrogen) atoms. The molecule has 0 radical (unpaired) electrons. The summed E-state index contributed by atoms with van der Waals surface area (Å²) in [7, 11) is 1.56. The van der Waals surface area contributed by atoms with Gasteiger partial charge < -0.3 is 10.1 Å². The lowest BCUT2D eigenvalue weighted by Crippen LogP contribution is -2.33. The molecular weight excluding hydrogens is 242 g/mol. The number of anilines is 2. The Hall–Kier alpha value is -2.69. The molecule has 0 aliphatic carbocycles. The number of hydrogen-bond acceptors (Lipinski definition) is 3. The zero-order chi connectivity index (χ0) is 13.5. The summed E-state index contributed by atoms with van der Waals surface area (Å²) in [5, 5.41) is 2.69. The number of benzene rings is 2. The summed E-state index contributed by atoms with van der Waals surface area (Å²) < 4.78 is 5.15. The third kappa shape index (κ3) is 3.64. The van der Waals surface area contributed by atoms with E-state index in [4.69, 9.17) is 4.74 Å². The van der Waals surface area contributed by atoms with E-state index in [0.29, 0.717) is 11.4 Å². The van der Waals surface area contributed by atoms with Crippen LogP contribution in [0.1, 0.15) is 0 Å². The molecule has 2 rings (SSSR count). The molecule has 0 atom stereocenters. The molecule has 0 heterocycles. The van der Waals surface area contributed by atoms with Gasteiger partial charge in [0.2, 0.25) is 0 Å². The van der Waals surface area contributed by atoms with Crippen LogP contribution in [0, 0.1) is 0 Å². The average Bonchev–Trinajstić information content (AvgIpc) is 2.47. The zero-order valence-corrected chi connectivity index (χ0v) is 10.5. The van der Waals surface area contributed by atoms with E-state index in [-0.39, 0.29) is 6.03 Å². The molecule has 2 aromatic rings. The largest absolute Gasteiger partial charge is 0.495 e. The number of rotatable bonds is 4. The van der Waals surface area contributed by atoms with Crippen molar-refractivity contribution in [3.05, 3.63) is 54.6 Å². The highest BCUT2D eigenvalue weighted by atomic mass is 16.5. The van der Waals surface area contributed by atoms with Gasteiger partial charge in [0.1, 0.15) is 5.75 Å². The van der Waals surface area contributed by atoms with Crippen molar-refractivity contribution < 1.29 is 9.53 Å². The summed E-state index contributed by atoms with van der Waals surface area (Å²) in [6, 6.07) is 16.2. The molecule has 0 bridgehead atoms. The van der Waals surface area contributed by atoms with Crippen LogP contribution < -0.4 is 20.9 Å². The van der Waals surface area contributed by atoms with Crippen LogP contribution >= 0.6 is 0 Å². The van der Waals surface area contributed by atoms with Crippen molar-refractivity contribution in [1.82, 2.24) is 5.43 Å². The number of ether oxygens (including phenoxy) is 1. The van der Waals surface area contributed by atoms with Crippen molar-refractivity contribution >= 4 is 17.4 Å². The summed E-state index contributed by atoms with van der Waals surface area (Å²) in [5.74, 6) is 0.609. The van der Waals surface area contributed by atoms with Crippen LogP contribution in [-0.2, 0) is 0 Å². The summed E-state index contributed by atoms with van der Waals surface area (Å²) in [5.41, 5.74) is 6.75. The molecule has 2 aromatic carbocycles. The summed E-state index contributed by atoms with van der Waals surface area (Å²) in [4.78, 5) is 11.7. The van der Waals surface area contributed by atoms with Crippen molar-refractivity contribution in [1.29, 1.82) is 0 Å². The molecule has 2 amide bonds. The Morgan fingerprint density at radius 1 is 1.00 bits per heavy atom. The van der Waals surface area contributed by atoms with Gasteiger partial charge in [-0.15, -0.1) is 0 Å². The SMILES string of the molecule is COc1ccccc1NC(=O)NNc1ccccc1. The molecule has 0 unspecified atom stereocenters. The van der Waals surface area contributed by atoms with Crippen molar-refractivity contribution in [3.8, 4) is 5.75 Å². The lowest BCUT2D eigenvalue weighted by molar-refractivity contribution is 0.253. The van der Waals surface area contributed by atoms with E-state index in [0.717, 1.165) is 5.69 Å². The van der Waals surface area contributed by atoms with E-state index in [9.17, 15) is 4.79 Å². The van der Waals surface area contributed by atoms with Crippen LogP contribution in [0.4, 0.5) is 16.2 Å². The fraction of sp³-hybridized carbons (Fsp3) is 0.0714. The Balaban J connectivity index is 1.91. The Bertz CT molecular complexity index is 543. The van der Waals surface area contributed by atoms with Gasteiger partial charge >= 0.3 is 6.03 Å². The van der Waals surface area contributed by atoms with Crippen LogP contribution in [0.15, 0.2) is 54.6 Å². The second-order valence-corrected chi connectivity index (χ2v) is 3.77. The van der Waals surface area contributed by atoms with Crippen LogP contribution in [-0.4, -0.2) is 13.1 Å². The number of methoxy groups -OCH3 is 1. The fourth-order valence-corrected chi connectivity index (χ4v) is 1.55. The third-order valence-corrected chi connectivity index (χ3v) is 2.45. The van der Waals surface area contributed by atoms with Gasteiger partial charge in [-0.3, -0.25) is 10.9 Å². The van der Waals surface area contributed by atoms with Gasteiger partial charge in [0.25, 0.3) is 0 Å². The quantitative estimate of drug-likeness (QED) is 0.738. The van der Waals surface area contributed by atoms with Gasteiger partial charge in [-0.2, -0.15) is 0 Å². The summed E-state index contributed by atoms with van der Waals surface area (Å²) in [6.07, 6.45) is 0. The first-order valence-corrected chi connectivity index (χ1v) is 5.80. The molecule has 0 spiro atoms. The summed E-state index contributed by atoms with van der Waals surface area (Å²) >= 11 is 0. The molecular formula is C14H15N3O2. The van der Waals surface area contributed by atoms with Crippen LogP contribution in [0.2, 0.25) is 0 Å². The minimum absolute atomic E-state index is 0.367. The molecule has 0 aliphatic rings. The predicted octanol–water partition coefficient (Wildman–Crippen LogP) is 2.84. The highest BCUT2D eigenvalue weighted by Crippen LogP contribution is 2.22. The van der Waals surface area contributed by atoms with E-state index in [2.05, 4.69) is 16.2 Å². The monoisotopic (exact) mass is 257 g/mol. The molecule has 5 heteroatoms. The number of hydrazine groups is 1. The number of para-hydroxylation sites is 3. The fourth-order valence-electron chi connectivity index (χ4n) is 1.55. The van der Waals surface area contributed by atoms with E-state index in [1.165, 1.54) is 0 Å². The standard InChI is InChI=1S/C14H15N3O2/c1-19-13-10-6-5-9-12(13)15-14(18)17-16-11-7-3-2-4-8-11/h2-10,16H,1H3,(H2,15,17,18). The van der Waals surface area contributed by atoms with Crippen molar-refractivity contribution in [2.24, 2.45) is 0 Å². The molecule has 0 fully saturated rings. The first-order valence-electron chi connectivity index (χ1n) is 5.80. The Labute approximate surface area is 111 Å². The van der Waals surface area contributed by atoms with Gasteiger partial charge in [0.15, 0.2) is 0 Å². The molecule has 0 aromatic heterocycles. The second kappa shape index (κ2) is 6.30. The Morgan fingerprint density at radius 2 is 1.68 bits per heavy atom. The lowest BCUT2D eigenvalue weighted by Gasteiger charge is -2.12. The number of carbonyl (C=O) groups is 1. The maximum atomic E-state index is 11.7. The number of amides is 2. The van der Waals surface area contributed by atoms with Crippen LogP contribution in [0.3, 0.4) is 0 Å². The zero-order valence-electron chi connectivity index (χ0n) is 10.5. The Morgan fingerprint density at radius 3 is 2.42 bits per heavy atom. The molecule has 3 N–H and O–H groups in total. The van der Waals surface area contributed by atoms with Crippen LogP contribution in [0.25, 0.3) is 0 Å². The first-order chi connectivity index (χ1) is 9.29. The van der Waals surface area contributed by atoms with Gasteiger partial charge in [-0.25, -0.2) is 4.79 Å². The average molecular weight is 257 g/mol. The molecule has 98 valence electrons. The second-order valence-electron chi connectivity index (χ2n) is 3.77. The van der Waals surface area contributed by atoms with Gasteiger partial charge in [-0.05, 0) is 24.3 Å². The smallest absolute Gasteiger partial charge is 0.337 e. The van der Waals surface area contributed by atoms with Crippen molar-refractivity contribution in [2.45, 2.75) is 0 Å². The van der Waals surface area contributed by atoms with Gasteiger partial charge in [0.05, 0.1) is 18.5 Å². The van der Waals surface area contributed by atoms with Gasteiger partial charge in [0, 0.05) is 0 Å². The maximum absolute atomic E-state index is 11.7. The van der Waals surface area contributed by atoms with Crippen molar-refractivity contribution in [3.63, 3.8) is 0 Å². The lowest BCUT2D eigenvalue weighted by atomic mass is 10.3. The first kappa shape index (κ1) is 12.8. The Kier molecular flexibility index (Phi) is 4.23. The third-order valence-electron chi connectivity index (χ3n) is 2.45. The van der Waals surface area contributed by atoms with E-state index in [1.54, 1.807) is 19.2 Å². The number of urea groups is 1. The normalized spacial score (nSPS) is 9.53. The minimum Gasteiger partial charge on any atom is -0.495 e. The van der Waals surface area contributed by atoms with E-state index < -0.39 is 0 Å². The minimum atomic E-state index is -0.367. The predicted molar refractivity (Wildman–Crippen MR) is 75.2 cm³/mol. The number of nitrogens with one attached hydrogen (secondary N) is 3. The number of carbonyl (C=O) groups excluding carboxylic acids is 1. The van der Waals surface area contributed by atoms with Crippen molar-refractivity contribution in [2.75, 3.05) is 17.9 Å². The molecule has 0 saturated carbocycles. The summed E-state index contributed by atoms with van der Waals surface area (Å²) in [6.45, 7) is 0. The van der Waals surface area contributed by atoms with Gasteiger partial charge in [-0.1, -0.05) is 30.3 Å². The van der Waals surface area contributed by atoms with E-state index in [1.807, 2.05) is 42.5 Å². The van der Waals surface area contributed by atoms with E-state index >= 15 is 0 Å². The molecule has 0 aliphatic heterocycles. The number of hydrogen-bond donors (Lipinski definition) is 3. The van der Waals surface area contributed by atoms with Crippen LogP contribution in [0.5, 0.6) is 5.75 Å². The highest BCUT2D eigenvalue weighted by molar-refractivity contribution is 5.91. The highest BCUT2D eigenvalue weighted by Gasteiger charge is 2.05. The maximum Gasteiger partial charge on any atom is 0.337 e. The molecule has 5 nitrogen and oxygen atoms in total. The molecule has 0 saturated heterocycles.